The maximum Gasteiger partial charge on any atom is 0.0381 e. The first-order chi connectivity index (χ1) is 11.2. The number of aromatic nitrogens is 1. The van der Waals surface area contributed by atoms with Gasteiger partial charge in [0, 0.05) is 30.0 Å². The maximum absolute atomic E-state index is 4.52. The standard InChI is InChI=1S/C21H24N2/c1-15-10-18(11-16(2)22-15)19-12-20-8-9-21(13-19)23(20)14-17-6-4-3-5-7-17/h3-7,10-12,20-21H,8-9,13-14H2,1-2H3. The van der Waals surface area contributed by atoms with E-state index in [-0.39, 0.29) is 0 Å². The van der Waals surface area contributed by atoms with Crippen LogP contribution in [0.2, 0.25) is 0 Å². The Hall–Kier alpha value is -1.93. The van der Waals surface area contributed by atoms with Crippen molar-refractivity contribution in [2.45, 2.75) is 51.7 Å². The molecule has 2 atom stereocenters. The van der Waals surface area contributed by atoms with Gasteiger partial charge in [-0.3, -0.25) is 9.88 Å². The summed E-state index contributed by atoms with van der Waals surface area (Å²) in [6.45, 7) is 5.26. The molecule has 2 nitrogen and oxygen atoms in total. The zero-order valence-corrected chi connectivity index (χ0v) is 14.0. The van der Waals surface area contributed by atoms with E-state index in [1.165, 1.54) is 36.0 Å². The fraction of sp³-hybridized carbons (Fsp3) is 0.381. The predicted molar refractivity (Wildman–Crippen MR) is 95.1 cm³/mol. The Balaban J connectivity index is 1.59. The molecule has 0 aliphatic carbocycles. The molecule has 4 rings (SSSR count). The monoisotopic (exact) mass is 304 g/mol. The minimum Gasteiger partial charge on any atom is -0.289 e. The van der Waals surface area contributed by atoms with Crippen LogP contribution in [0.25, 0.3) is 5.57 Å². The second-order valence-electron chi connectivity index (χ2n) is 6.99. The van der Waals surface area contributed by atoms with E-state index in [0.717, 1.165) is 17.9 Å². The zero-order valence-electron chi connectivity index (χ0n) is 14.0. The average molecular weight is 304 g/mol. The molecule has 1 fully saturated rings. The van der Waals surface area contributed by atoms with Crippen LogP contribution in [0, 0.1) is 13.8 Å². The molecule has 2 aromatic rings. The lowest BCUT2D eigenvalue weighted by molar-refractivity contribution is 0.203. The first-order valence-electron chi connectivity index (χ1n) is 8.65. The Bertz CT molecular complexity index is 713. The van der Waals surface area contributed by atoms with Crippen molar-refractivity contribution < 1.29 is 0 Å². The molecular weight excluding hydrogens is 280 g/mol. The van der Waals surface area contributed by atoms with Gasteiger partial charge in [-0.1, -0.05) is 36.4 Å². The minimum absolute atomic E-state index is 0.595. The minimum atomic E-state index is 0.595. The fourth-order valence-electron chi connectivity index (χ4n) is 4.19. The van der Waals surface area contributed by atoms with E-state index >= 15 is 0 Å². The molecule has 2 bridgehead atoms. The van der Waals surface area contributed by atoms with Crippen LogP contribution in [0.15, 0.2) is 48.5 Å². The number of hydrogen-bond acceptors (Lipinski definition) is 2. The predicted octanol–water partition coefficient (Wildman–Crippen LogP) is 4.52. The van der Waals surface area contributed by atoms with E-state index in [4.69, 9.17) is 0 Å². The molecular formula is C21H24N2. The molecule has 0 N–H and O–H groups in total. The molecule has 0 radical (unpaired) electrons. The molecule has 3 heterocycles. The number of hydrogen-bond donors (Lipinski definition) is 0. The largest absolute Gasteiger partial charge is 0.289 e. The molecule has 1 aromatic heterocycles. The van der Waals surface area contributed by atoms with E-state index < -0.39 is 0 Å². The molecule has 2 aliphatic rings. The molecule has 0 amide bonds. The molecule has 0 saturated carbocycles. The SMILES string of the molecule is Cc1cc(C2=CC3CCC(C2)N3Cc2ccccc2)cc(C)n1. The third-order valence-electron chi connectivity index (χ3n) is 5.20. The Kier molecular flexibility index (Phi) is 3.78. The van der Waals surface area contributed by atoms with Gasteiger partial charge in [-0.15, -0.1) is 0 Å². The third-order valence-corrected chi connectivity index (χ3v) is 5.20. The summed E-state index contributed by atoms with van der Waals surface area (Å²) in [6.07, 6.45) is 6.30. The van der Waals surface area contributed by atoms with Gasteiger partial charge in [0.05, 0.1) is 0 Å². The highest BCUT2D eigenvalue weighted by Crippen LogP contribution is 2.39. The van der Waals surface area contributed by atoms with Crippen molar-refractivity contribution in [2.24, 2.45) is 0 Å². The lowest BCUT2D eigenvalue weighted by Gasteiger charge is -2.34. The smallest absolute Gasteiger partial charge is 0.0381 e. The molecule has 1 aromatic carbocycles. The van der Waals surface area contributed by atoms with Crippen molar-refractivity contribution in [2.75, 3.05) is 0 Å². The summed E-state index contributed by atoms with van der Waals surface area (Å²) in [5.74, 6) is 0. The summed E-state index contributed by atoms with van der Waals surface area (Å²) in [5.41, 5.74) is 6.58. The summed E-state index contributed by atoms with van der Waals surface area (Å²) in [5, 5.41) is 0. The highest BCUT2D eigenvalue weighted by atomic mass is 15.2. The van der Waals surface area contributed by atoms with E-state index in [1.54, 1.807) is 0 Å². The first-order valence-corrected chi connectivity index (χ1v) is 8.65. The fourth-order valence-corrected chi connectivity index (χ4v) is 4.19. The van der Waals surface area contributed by atoms with Crippen LogP contribution >= 0.6 is 0 Å². The summed E-state index contributed by atoms with van der Waals surface area (Å²) < 4.78 is 0. The second-order valence-corrected chi connectivity index (χ2v) is 6.99. The van der Waals surface area contributed by atoms with Crippen LogP contribution in [0.4, 0.5) is 0 Å². The summed E-state index contributed by atoms with van der Waals surface area (Å²) in [7, 11) is 0. The molecule has 2 aliphatic heterocycles. The molecule has 0 spiro atoms. The van der Waals surface area contributed by atoms with Crippen molar-refractivity contribution in [1.82, 2.24) is 9.88 Å². The maximum atomic E-state index is 4.52. The lowest BCUT2D eigenvalue weighted by Crippen LogP contribution is -2.37. The van der Waals surface area contributed by atoms with Gasteiger partial charge in [-0.2, -0.15) is 0 Å². The Morgan fingerprint density at radius 3 is 2.48 bits per heavy atom. The van der Waals surface area contributed by atoms with E-state index in [9.17, 15) is 0 Å². The zero-order chi connectivity index (χ0) is 15.8. The normalized spacial score (nSPS) is 23.8. The van der Waals surface area contributed by atoms with E-state index in [2.05, 4.69) is 72.3 Å². The van der Waals surface area contributed by atoms with E-state index in [0.29, 0.717) is 12.1 Å². The summed E-state index contributed by atoms with van der Waals surface area (Å²) >= 11 is 0. The van der Waals surface area contributed by atoms with Crippen molar-refractivity contribution in [3.05, 3.63) is 71.1 Å². The summed E-state index contributed by atoms with van der Waals surface area (Å²) in [6, 6.07) is 16.6. The van der Waals surface area contributed by atoms with E-state index in [1.807, 2.05) is 0 Å². The van der Waals surface area contributed by atoms with Gasteiger partial charge < -0.3 is 0 Å². The van der Waals surface area contributed by atoms with Crippen LogP contribution in [0.5, 0.6) is 0 Å². The number of nitrogens with zero attached hydrogens (tertiary/aromatic N) is 2. The van der Waals surface area contributed by atoms with Gasteiger partial charge in [-0.25, -0.2) is 0 Å². The van der Waals surface area contributed by atoms with Gasteiger partial charge in [0.15, 0.2) is 0 Å². The topological polar surface area (TPSA) is 16.1 Å². The molecule has 2 unspecified atom stereocenters. The number of rotatable bonds is 3. The number of aryl methyl sites for hydroxylation is 2. The van der Waals surface area contributed by atoms with Gasteiger partial charge >= 0.3 is 0 Å². The van der Waals surface area contributed by atoms with Crippen LogP contribution in [-0.2, 0) is 6.54 Å². The Morgan fingerprint density at radius 2 is 1.78 bits per heavy atom. The molecule has 1 saturated heterocycles. The summed E-state index contributed by atoms with van der Waals surface area (Å²) in [4.78, 5) is 7.21. The lowest BCUT2D eigenvalue weighted by atomic mass is 9.94. The highest BCUT2D eigenvalue weighted by molar-refractivity contribution is 5.68. The van der Waals surface area contributed by atoms with Gasteiger partial charge in [0.2, 0.25) is 0 Å². The number of benzene rings is 1. The molecule has 23 heavy (non-hydrogen) atoms. The van der Waals surface area contributed by atoms with Crippen molar-refractivity contribution in [3.8, 4) is 0 Å². The molecule has 2 heteroatoms. The van der Waals surface area contributed by atoms with Gasteiger partial charge in [0.1, 0.15) is 0 Å². The number of pyridine rings is 1. The Morgan fingerprint density at radius 1 is 1.04 bits per heavy atom. The van der Waals surface area contributed by atoms with Gasteiger partial charge in [0.25, 0.3) is 0 Å². The van der Waals surface area contributed by atoms with Crippen molar-refractivity contribution in [1.29, 1.82) is 0 Å². The Labute approximate surface area is 138 Å². The van der Waals surface area contributed by atoms with Crippen LogP contribution in [0.1, 0.15) is 41.8 Å². The number of fused-ring (bicyclic) bond motifs is 2. The van der Waals surface area contributed by atoms with Crippen molar-refractivity contribution in [3.63, 3.8) is 0 Å². The van der Waals surface area contributed by atoms with Crippen LogP contribution in [-0.4, -0.2) is 22.0 Å². The van der Waals surface area contributed by atoms with Gasteiger partial charge in [-0.05, 0) is 61.9 Å². The van der Waals surface area contributed by atoms with Crippen molar-refractivity contribution >= 4 is 5.57 Å². The average Bonchev–Trinajstić information content (AvgIpc) is 2.77. The second kappa shape index (κ2) is 5.93. The third kappa shape index (κ3) is 2.96. The first kappa shape index (κ1) is 14.6. The van der Waals surface area contributed by atoms with Crippen LogP contribution < -0.4 is 0 Å². The molecule has 118 valence electrons. The highest BCUT2D eigenvalue weighted by Gasteiger charge is 2.36. The van der Waals surface area contributed by atoms with Crippen LogP contribution in [0.3, 0.4) is 0 Å². The quantitative estimate of drug-likeness (QED) is 0.829.